The summed E-state index contributed by atoms with van der Waals surface area (Å²) in [6.07, 6.45) is 2.49. The Labute approximate surface area is 106 Å². The van der Waals surface area contributed by atoms with Gasteiger partial charge in [0, 0.05) is 0 Å². The molecule has 0 unspecified atom stereocenters. The van der Waals surface area contributed by atoms with Gasteiger partial charge >= 0.3 is 0 Å². The summed E-state index contributed by atoms with van der Waals surface area (Å²) >= 11 is 0. The summed E-state index contributed by atoms with van der Waals surface area (Å²) in [6.45, 7) is 2.01. The van der Waals surface area contributed by atoms with Gasteiger partial charge < -0.3 is 4.55 Å². The zero-order valence-electron chi connectivity index (χ0n) is 10.1. The highest BCUT2D eigenvalue weighted by Crippen LogP contribution is 2.37. The molecule has 0 saturated heterocycles. The van der Waals surface area contributed by atoms with Crippen molar-refractivity contribution in [1.82, 2.24) is 0 Å². The SMILES string of the molecule is Cc1c2c(c(S(=O)(=O)[O-])c3ccccc13)CCC2. The molecule has 0 amide bonds. The second-order valence-corrected chi connectivity index (χ2v) is 6.08. The molecule has 0 aliphatic heterocycles. The van der Waals surface area contributed by atoms with Crippen LogP contribution in [-0.4, -0.2) is 13.0 Å². The van der Waals surface area contributed by atoms with Crippen LogP contribution in [0.2, 0.25) is 0 Å². The van der Waals surface area contributed by atoms with Crippen LogP contribution in [0.5, 0.6) is 0 Å². The minimum atomic E-state index is -4.42. The van der Waals surface area contributed by atoms with Gasteiger partial charge in [0.2, 0.25) is 0 Å². The number of rotatable bonds is 1. The predicted octanol–water partition coefficient (Wildman–Crippen LogP) is 2.54. The molecule has 1 aliphatic carbocycles. The Morgan fingerprint density at radius 3 is 2.33 bits per heavy atom. The van der Waals surface area contributed by atoms with Crippen LogP contribution in [0.4, 0.5) is 0 Å². The zero-order chi connectivity index (χ0) is 12.9. The van der Waals surface area contributed by atoms with Gasteiger partial charge in [-0.05, 0) is 53.6 Å². The van der Waals surface area contributed by atoms with E-state index in [-0.39, 0.29) is 4.90 Å². The van der Waals surface area contributed by atoms with Crippen molar-refractivity contribution < 1.29 is 13.0 Å². The summed E-state index contributed by atoms with van der Waals surface area (Å²) in [5.41, 5.74) is 2.93. The molecule has 0 heterocycles. The van der Waals surface area contributed by atoms with E-state index < -0.39 is 10.1 Å². The van der Waals surface area contributed by atoms with Crippen molar-refractivity contribution in [2.24, 2.45) is 0 Å². The summed E-state index contributed by atoms with van der Waals surface area (Å²) in [5.74, 6) is 0. The molecule has 2 aromatic rings. The fraction of sp³-hybridized carbons (Fsp3) is 0.286. The predicted molar refractivity (Wildman–Crippen MR) is 68.7 cm³/mol. The van der Waals surface area contributed by atoms with Crippen LogP contribution in [0.1, 0.15) is 23.1 Å². The standard InChI is InChI=1S/C14H14O3S/c1-9-10-5-2-3-6-12(10)14(18(15,16)17)13-8-4-7-11(9)13/h2-3,5-6H,4,7-8H2,1H3,(H,15,16,17)/p-1. The average molecular weight is 261 g/mol. The molecule has 0 saturated carbocycles. The van der Waals surface area contributed by atoms with Crippen LogP contribution in [0, 0.1) is 6.92 Å². The normalized spacial score (nSPS) is 15.0. The lowest BCUT2D eigenvalue weighted by molar-refractivity contribution is 0.463. The molecule has 0 N–H and O–H groups in total. The maximum Gasteiger partial charge on any atom is 0.125 e. The number of hydrogen-bond acceptors (Lipinski definition) is 3. The summed E-state index contributed by atoms with van der Waals surface area (Å²) in [6, 6.07) is 7.26. The van der Waals surface area contributed by atoms with Gasteiger partial charge in [-0.15, -0.1) is 0 Å². The van der Waals surface area contributed by atoms with Crippen LogP contribution < -0.4 is 0 Å². The molecule has 1 aliphatic rings. The van der Waals surface area contributed by atoms with E-state index in [9.17, 15) is 13.0 Å². The lowest BCUT2D eigenvalue weighted by Gasteiger charge is -2.18. The number of fused-ring (bicyclic) bond motifs is 2. The van der Waals surface area contributed by atoms with Crippen LogP contribution in [0.25, 0.3) is 10.8 Å². The van der Waals surface area contributed by atoms with E-state index >= 15 is 0 Å². The minimum Gasteiger partial charge on any atom is -0.744 e. The molecular formula is C14H13O3S-. The quantitative estimate of drug-likeness (QED) is 0.741. The van der Waals surface area contributed by atoms with Crippen molar-refractivity contribution >= 4 is 20.9 Å². The molecule has 94 valence electrons. The minimum absolute atomic E-state index is 0.0104. The van der Waals surface area contributed by atoms with E-state index in [4.69, 9.17) is 0 Å². The highest BCUT2D eigenvalue weighted by molar-refractivity contribution is 7.86. The largest absolute Gasteiger partial charge is 0.744 e. The van der Waals surface area contributed by atoms with E-state index in [0.29, 0.717) is 11.8 Å². The van der Waals surface area contributed by atoms with Gasteiger partial charge in [0.1, 0.15) is 10.1 Å². The molecule has 0 atom stereocenters. The highest BCUT2D eigenvalue weighted by atomic mass is 32.2. The third-order valence-electron chi connectivity index (χ3n) is 3.77. The second kappa shape index (κ2) is 3.80. The van der Waals surface area contributed by atoms with Crippen molar-refractivity contribution in [3.63, 3.8) is 0 Å². The Morgan fingerprint density at radius 1 is 1.06 bits per heavy atom. The van der Waals surface area contributed by atoms with Crippen LogP contribution in [-0.2, 0) is 23.0 Å². The van der Waals surface area contributed by atoms with E-state index in [1.165, 1.54) is 0 Å². The van der Waals surface area contributed by atoms with Gasteiger partial charge in [-0.2, -0.15) is 0 Å². The molecule has 0 spiro atoms. The summed E-state index contributed by atoms with van der Waals surface area (Å²) in [5, 5.41) is 1.46. The maximum atomic E-state index is 11.6. The summed E-state index contributed by atoms with van der Waals surface area (Å²) < 4.78 is 34.7. The van der Waals surface area contributed by atoms with Crippen LogP contribution >= 0.6 is 0 Å². The first-order chi connectivity index (χ1) is 8.50. The van der Waals surface area contributed by atoms with Gasteiger partial charge in [-0.3, -0.25) is 0 Å². The first-order valence-corrected chi connectivity index (χ1v) is 7.40. The third kappa shape index (κ3) is 1.56. The smallest absolute Gasteiger partial charge is 0.125 e. The molecule has 0 fully saturated rings. The molecule has 0 aromatic heterocycles. The first kappa shape index (κ1) is 11.7. The van der Waals surface area contributed by atoms with Crippen molar-refractivity contribution in [2.75, 3.05) is 0 Å². The van der Waals surface area contributed by atoms with Gasteiger partial charge in [-0.1, -0.05) is 24.3 Å². The van der Waals surface area contributed by atoms with E-state index in [0.717, 1.165) is 34.9 Å². The number of aryl methyl sites for hydroxylation is 1. The Hall–Kier alpha value is -1.39. The maximum absolute atomic E-state index is 11.6. The third-order valence-corrected chi connectivity index (χ3v) is 4.74. The Balaban J connectivity index is 2.58. The van der Waals surface area contributed by atoms with E-state index in [2.05, 4.69) is 0 Å². The summed E-state index contributed by atoms with van der Waals surface area (Å²) in [7, 11) is -4.42. The monoisotopic (exact) mass is 261 g/mol. The van der Waals surface area contributed by atoms with Crippen molar-refractivity contribution in [2.45, 2.75) is 31.1 Å². The fourth-order valence-corrected chi connectivity index (χ4v) is 4.00. The number of hydrogen-bond donors (Lipinski definition) is 0. The molecular weight excluding hydrogens is 248 g/mol. The molecule has 0 radical (unpaired) electrons. The Kier molecular flexibility index (Phi) is 2.47. The van der Waals surface area contributed by atoms with E-state index in [1.807, 2.05) is 19.1 Å². The Bertz CT molecular complexity index is 745. The lowest BCUT2D eigenvalue weighted by Crippen LogP contribution is -2.06. The summed E-state index contributed by atoms with van der Waals surface area (Å²) in [4.78, 5) is 0.0104. The van der Waals surface area contributed by atoms with Crippen LogP contribution in [0.3, 0.4) is 0 Å². The molecule has 18 heavy (non-hydrogen) atoms. The molecule has 4 heteroatoms. The zero-order valence-corrected chi connectivity index (χ0v) is 10.9. The average Bonchev–Trinajstić information content (AvgIpc) is 2.76. The van der Waals surface area contributed by atoms with Crippen molar-refractivity contribution in [3.05, 3.63) is 41.0 Å². The van der Waals surface area contributed by atoms with Crippen molar-refractivity contribution in [3.8, 4) is 0 Å². The highest BCUT2D eigenvalue weighted by Gasteiger charge is 2.23. The van der Waals surface area contributed by atoms with Crippen molar-refractivity contribution in [1.29, 1.82) is 0 Å². The topological polar surface area (TPSA) is 57.2 Å². The van der Waals surface area contributed by atoms with Gasteiger partial charge in [0.05, 0.1) is 4.90 Å². The Morgan fingerprint density at radius 2 is 1.67 bits per heavy atom. The van der Waals surface area contributed by atoms with Gasteiger partial charge in [0.15, 0.2) is 0 Å². The number of benzene rings is 2. The fourth-order valence-electron chi connectivity index (χ4n) is 3.03. The van der Waals surface area contributed by atoms with E-state index in [1.54, 1.807) is 12.1 Å². The molecule has 3 rings (SSSR count). The molecule has 0 bridgehead atoms. The van der Waals surface area contributed by atoms with Gasteiger partial charge in [0.25, 0.3) is 0 Å². The van der Waals surface area contributed by atoms with Crippen LogP contribution in [0.15, 0.2) is 29.2 Å². The molecule has 2 aromatic carbocycles. The van der Waals surface area contributed by atoms with Gasteiger partial charge in [-0.25, -0.2) is 8.42 Å². The molecule has 3 nitrogen and oxygen atoms in total. The second-order valence-electron chi connectivity index (χ2n) is 4.76. The first-order valence-electron chi connectivity index (χ1n) is 5.99. The lowest BCUT2D eigenvalue weighted by atomic mass is 9.96.